The predicted octanol–water partition coefficient (Wildman–Crippen LogP) is 4.49. The minimum absolute atomic E-state index is 0.0761. The van der Waals surface area contributed by atoms with Crippen LogP contribution < -0.4 is 5.32 Å². The topological polar surface area (TPSA) is 29.1 Å². The number of fused-ring (bicyclic) bond motifs is 1. The molecule has 1 aromatic heterocycles. The Morgan fingerprint density at radius 1 is 1.28 bits per heavy atom. The van der Waals surface area contributed by atoms with E-state index in [0.717, 1.165) is 15.0 Å². The Labute approximate surface area is 126 Å². The van der Waals surface area contributed by atoms with E-state index in [9.17, 15) is 4.79 Å². The van der Waals surface area contributed by atoms with E-state index in [4.69, 9.17) is 0 Å². The first-order chi connectivity index (χ1) is 8.63. The molecular formula is C13H9Br2NOS. The highest BCUT2D eigenvalue weighted by Crippen LogP contribution is 2.38. The van der Waals surface area contributed by atoms with Crippen LogP contribution in [0, 0.1) is 0 Å². The van der Waals surface area contributed by atoms with Gasteiger partial charge in [-0.2, -0.15) is 0 Å². The molecule has 0 spiro atoms. The number of rotatable bonds is 2. The average molecular weight is 387 g/mol. The molecule has 92 valence electrons. The van der Waals surface area contributed by atoms with Crippen LogP contribution in [0.3, 0.4) is 0 Å². The molecule has 2 aromatic rings. The van der Waals surface area contributed by atoms with Gasteiger partial charge in [0.1, 0.15) is 0 Å². The van der Waals surface area contributed by atoms with Crippen LogP contribution in [0.25, 0.3) is 0 Å². The number of hydrogen-bond acceptors (Lipinski definition) is 2. The zero-order valence-electron chi connectivity index (χ0n) is 9.24. The Bertz CT molecular complexity index is 623. The van der Waals surface area contributed by atoms with Gasteiger partial charge in [-0.3, -0.25) is 4.79 Å². The highest BCUT2D eigenvalue weighted by atomic mass is 79.9. The Hall–Kier alpha value is -0.650. The summed E-state index contributed by atoms with van der Waals surface area (Å²) in [5.74, 6) is 0.0761. The molecule has 18 heavy (non-hydrogen) atoms. The number of alkyl halides is 1. The Morgan fingerprint density at radius 2 is 2.11 bits per heavy atom. The number of hydrogen-bond donors (Lipinski definition) is 1. The van der Waals surface area contributed by atoms with E-state index in [1.165, 1.54) is 10.4 Å². The highest BCUT2D eigenvalue weighted by molar-refractivity contribution is 9.11. The fraction of sp³-hybridized carbons (Fsp3) is 0.154. The predicted molar refractivity (Wildman–Crippen MR) is 81.6 cm³/mol. The molecule has 0 saturated carbocycles. The van der Waals surface area contributed by atoms with Crippen molar-refractivity contribution in [3.63, 3.8) is 0 Å². The molecule has 5 heteroatoms. The summed E-state index contributed by atoms with van der Waals surface area (Å²) in [5.41, 5.74) is 3.20. The lowest BCUT2D eigenvalue weighted by atomic mass is 10.1. The number of benzene rings is 1. The van der Waals surface area contributed by atoms with Crippen molar-refractivity contribution < 1.29 is 4.79 Å². The molecule has 1 aliphatic heterocycles. The van der Waals surface area contributed by atoms with E-state index in [0.29, 0.717) is 6.42 Å². The van der Waals surface area contributed by atoms with Crippen LogP contribution in [0.2, 0.25) is 0 Å². The molecule has 0 radical (unpaired) electrons. The van der Waals surface area contributed by atoms with Crippen molar-refractivity contribution in [2.24, 2.45) is 0 Å². The van der Waals surface area contributed by atoms with Gasteiger partial charge in [0.05, 0.1) is 15.0 Å². The summed E-state index contributed by atoms with van der Waals surface area (Å²) in [7, 11) is 0. The van der Waals surface area contributed by atoms with E-state index >= 15 is 0 Å². The largest absolute Gasteiger partial charge is 0.326 e. The van der Waals surface area contributed by atoms with Crippen molar-refractivity contribution in [2.75, 3.05) is 5.32 Å². The van der Waals surface area contributed by atoms with E-state index < -0.39 is 0 Å². The van der Waals surface area contributed by atoms with Crippen LogP contribution in [-0.2, 0) is 11.2 Å². The van der Waals surface area contributed by atoms with Crippen molar-refractivity contribution in [3.8, 4) is 0 Å². The standard InChI is InChI=1S/C13H9Br2NOS/c14-11-4-3-10(18-11)13(15)7-1-2-9-8(5-7)6-12(17)16-9/h1-5,13H,6H2,(H,16,17). The van der Waals surface area contributed by atoms with E-state index in [2.05, 4.69) is 55.4 Å². The second-order valence-electron chi connectivity index (χ2n) is 4.15. The molecule has 2 heterocycles. The zero-order valence-corrected chi connectivity index (χ0v) is 13.2. The first-order valence-electron chi connectivity index (χ1n) is 5.45. The normalized spacial score (nSPS) is 15.3. The van der Waals surface area contributed by atoms with Crippen LogP contribution in [0.5, 0.6) is 0 Å². The number of nitrogens with one attached hydrogen (secondary N) is 1. The minimum Gasteiger partial charge on any atom is -0.326 e. The van der Waals surface area contributed by atoms with Crippen LogP contribution in [0.15, 0.2) is 34.1 Å². The Kier molecular flexibility index (Phi) is 3.30. The quantitative estimate of drug-likeness (QED) is 0.757. The van der Waals surface area contributed by atoms with Crippen molar-refractivity contribution in [2.45, 2.75) is 11.2 Å². The first kappa shape index (κ1) is 12.4. The van der Waals surface area contributed by atoms with Crippen molar-refractivity contribution >= 4 is 54.8 Å². The summed E-state index contributed by atoms with van der Waals surface area (Å²) in [5, 5.41) is 2.85. The van der Waals surface area contributed by atoms with Crippen molar-refractivity contribution in [3.05, 3.63) is 50.1 Å². The lowest BCUT2D eigenvalue weighted by molar-refractivity contribution is -0.115. The molecule has 0 bridgehead atoms. The molecule has 0 aliphatic carbocycles. The van der Waals surface area contributed by atoms with Gasteiger partial charge < -0.3 is 5.32 Å². The number of carbonyl (C=O) groups excluding carboxylic acids is 1. The summed E-state index contributed by atoms with van der Waals surface area (Å²) in [6, 6.07) is 10.3. The highest BCUT2D eigenvalue weighted by Gasteiger charge is 2.20. The fourth-order valence-electron chi connectivity index (χ4n) is 2.04. The smallest absolute Gasteiger partial charge is 0.228 e. The van der Waals surface area contributed by atoms with Crippen LogP contribution in [0.1, 0.15) is 20.8 Å². The van der Waals surface area contributed by atoms with E-state index in [1.807, 2.05) is 12.1 Å². The van der Waals surface area contributed by atoms with Gasteiger partial charge in [-0.1, -0.05) is 28.1 Å². The molecule has 3 rings (SSSR count). The van der Waals surface area contributed by atoms with Crippen LogP contribution >= 0.6 is 43.2 Å². The second kappa shape index (κ2) is 4.79. The molecule has 1 aliphatic rings. The summed E-state index contributed by atoms with van der Waals surface area (Å²) < 4.78 is 1.12. The third-order valence-corrected chi connectivity index (χ3v) is 5.90. The Morgan fingerprint density at radius 3 is 2.83 bits per heavy atom. The van der Waals surface area contributed by atoms with Gasteiger partial charge in [-0.15, -0.1) is 11.3 Å². The maximum atomic E-state index is 11.3. The molecule has 1 aromatic carbocycles. The monoisotopic (exact) mass is 385 g/mol. The molecule has 0 saturated heterocycles. The van der Waals surface area contributed by atoms with Crippen LogP contribution in [-0.4, -0.2) is 5.91 Å². The van der Waals surface area contributed by atoms with Gasteiger partial charge in [0.25, 0.3) is 0 Å². The van der Waals surface area contributed by atoms with E-state index in [1.54, 1.807) is 11.3 Å². The summed E-state index contributed by atoms with van der Waals surface area (Å²) in [6.45, 7) is 0. The van der Waals surface area contributed by atoms with Crippen molar-refractivity contribution in [1.29, 1.82) is 0 Å². The number of thiophene rings is 1. The fourth-order valence-corrected chi connectivity index (χ4v) is 4.18. The number of amides is 1. The number of halogens is 2. The molecule has 1 unspecified atom stereocenters. The second-order valence-corrected chi connectivity index (χ2v) is 7.56. The Balaban J connectivity index is 1.94. The lowest BCUT2D eigenvalue weighted by Gasteiger charge is -2.09. The summed E-state index contributed by atoms with van der Waals surface area (Å²) in [4.78, 5) is 12.8. The molecule has 1 N–H and O–H groups in total. The third kappa shape index (κ3) is 2.27. The van der Waals surface area contributed by atoms with Gasteiger partial charge in [0, 0.05) is 10.6 Å². The van der Waals surface area contributed by atoms with Gasteiger partial charge in [-0.25, -0.2) is 0 Å². The number of carbonyl (C=O) groups is 1. The summed E-state index contributed by atoms with van der Waals surface area (Å²) in [6.07, 6.45) is 0.483. The molecule has 1 amide bonds. The van der Waals surface area contributed by atoms with Gasteiger partial charge in [0.15, 0.2) is 0 Å². The first-order valence-corrected chi connectivity index (χ1v) is 7.98. The SMILES string of the molecule is O=C1Cc2cc(C(Br)c3ccc(Br)s3)ccc2N1. The average Bonchev–Trinajstić information content (AvgIpc) is 2.92. The van der Waals surface area contributed by atoms with Gasteiger partial charge in [0.2, 0.25) is 5.91 Å². The lowest BCUT2D eigenvalue weighted by Crippen LogP contribution is -2.03. The molecular weight excluding hydrogens is 378 g/mol. The van der Waals surface area contributed by atoms with Gasteiger partial charge >= 0.3 is 0 Å². The summed E-state index contributed by atoms with van der Waals surface area (Å²) >= 11 is 8.90. The minimum atomic E-state index is 0.0761. The molecule has 2 nitrogen and oxygen atoms in total. The van der Waals surface area contributed by atoms with Crippen molar-refractivity contribution in [1.82, 2.24) is 0 Å². The molecule has 1 atom stereocenters. The van der Waals surface area contributed by atoms with Crippen LogP contribution in [0.4, 0.5) is 5.69 Å². The molecule has 0 fully saturated rings. The zero-order chi connectivity index (χ0) is 12.7. The van der Waals surface area contributed by atoms with E-state index in [-0.39, 0.29) is 10.7 Å². The van der Waals surface area contributed by atoms with Gasteiger partial charge in [-0.05, 0) is 45.3 Å². The third-order valence-electron chi connectivity index (χ3n) is 2.89. The maximum Gasteiger partial charge on any atom is 0.228 e. The maximum absolute atomic E-state index is 11.3. The number of anilines is 1.